The molecule has 6 rings (SSSR count). The van der Waals surface area contributed by atoms with E-state index >= 15 is 0 Å². The first-order valence-electron chi connectivity index (χ1n) is 17.4. The van der Waals surface area contributed by atoms with Crippen LogP contribution in [0.2, 0.25) is 37.3 Å². The Bertz CT molecular complexity index is 887. The third kappa shape index (κ3) is 19.2. The third-order valence-electron chi connectivity index (χ3n) is 10.8. The summed E-state index contributed by atoms with van der Waals surface area (Å²) in [5.41, 5.74) is 4.74. The molecule has 0 radical (unpaired) electrons. The van der Waals surface area contributed by atoms with Gasteiger partial charge in [-0.25, -0.2) is 0 Å². The van der Waals surface area contributed by atoms with Crippen molar-refractivity contribution >= 4 is 60.6 Å². The summed E-state index contributed by atoms with van der Waals surface area (Å²) in [5, 5.41) is 3.30. The fourth-order valence-electron chi connectivity index (χ4n) is 7.72. The summed E-state index contributed by atoms with van der Waals surface area (Å²) in [6, 6.07) is 19.3. The summed E-state index contributed by atoms with van der Waals surface area (Å²) in [6.07, 6.45) is 26.6. The molecule has 0 unspecified atom stereocenters. The van der Waals surface area contributed by atoms with Gasteiger partial charge in [-0.3, -0.25) is 0 Å². The SMILES string of the molecule is C1CCCC1.C1CCCC1.C[Si](C)(c1ccc(-c2ccc([Si](C)(C)C3CCCC3)cc2)cc1)C1CCCC1.[CH3-].[CH3-].[CH3-].[CH3-].[Cl][Zr+2][Cl].[Cl][Zr+2][Cl]. The molecule has 2 aromatic carbocycles. The van der Waals surface area contributed by atoms with Crippen LogP contribution in [0.5, 0.6) is 0 Å². The van der Waals surface area contributed by atoms with Crippen LogP contribution in [0.4, 0.5) is 0 Å². The molecule has 4 fully saturated rings. The van der Waals surface area contributed by atoms with Gasteiger partial charge in [-0.2, -0.15) is 0 Å². The van der Waals surface area contributed by atoms with Gasteiger partial charge >= 0.3 is 75.7 Å². The normalized spacial score (nSPS) is 16.8. The molecule has 0 atom stereocenters. The van der Waals surface area contributed by atoms with Gasteiger partial charge < -0.3 is 29.7 Å². The van der Waals surface area contributed by atoms with E-state index in [1.165, 1.54) is 127 Å². The van der Waals surface area contributed by atoms with Gasteiger partial charge in [0, 0.05) is 0 Å². The Hall–Kier alpha value is 1.80. The van der Waals surface area contributed by atoms with Crippen molar-refractivity contribution in [3.05, 3.63) is 78.2 Å². The molecule has 2 aromatic rings. The van der Waals surface area contributed by atoms with Gasteiger partial charge in [-0.05, 0) is 22.2 Å². The van der Waals surface area contributed by atoms with Crippen molar-refractivity contribution in [2.75, 3.05) is 0 Å². The minimum absolute atomic E-state index is 0. The van der Waals surface area contributed by atoms with Crippen molar-refractivity contribution in [1.29, 1.82) is 0 Å². The van der Waals surface area contributed by atoms with E-state index in [1.54, 1.807) is 10.4 Å². The Morgan fingerprint density at radius 2 is 0.583 bits per heavy atom. The maximum absolute atomic E-state index is 4.93. The topological polar surface area (TPSA) is 0 Å². The Morgan fingerprint density at radius 1 is 0.396 bits per heavy atom. The van der Waals surface area contributed by atoms with Gasteiger partial charge in [0.2, 0.25) is 0 Å². The standard InChI is InChI=1S/C26H38Si2.2C5H10.4CH3.4ClH.2Zr/c1-27(2,23-9-5-6-10-23)25-17-13-21(14-18-25)22-15-19-26(20-16-22)28(3,4)24-11-7-8-12-24;2*1-2-4-5-3-1;;;;;;;;;;/h13-20,23-24H,5-12H2,1-4H3;2*1-5H2;4*1H3;4*1H;;/q;;;4*-1;;;;;2*+4/p-4. The van der Waals surface area contributed by atoms with E-state index in [1.807, 2.05) is 0 Å². The Balaban J connectivity index is -0.000000842. The predicted molar refractivity (Wildman–Crippen MR) is 226 cm³/mol. The van der Waals surface area contributed by atoms with Crippen LogP contribution >= 0.6 is 34.1 Å². The molecule has 274 valence electrons. The van der Waals surface area contributed by atoms with Crippen LogP contribution in [0.1, 0.15) is 116 Å². The fourth-order valence-corrected chi connectivity index (χ4v) is 14.4. The molecule has 0 N–H and O–H groups in total. The quantitative estimate of drug-likeness (QED) is 0.207. The average molecular weight is 931 g/mol. The van der Waals surface area contributed by atoms with Crippen molar-refractivity contribution in [3.8, 4) is 11.1 Å². The van der Waals surface area contributed by atoms with Gasteiger partial charge in [0.05, 0.1) is 16.1 Å². The molecule has 0 saturated heterocycles. The van der Waals surface area contributed by atoms with Crippen LogP contribution in [-0.2, 0) is 41.7 Å². The molecular weight excluding hydrogens is 861 g/mol. The van der Waals surface area contributed by atoms with Gasteiger partial charge in [0.25, 0.3) is 0 Å². The van der Waals surface area contributed by atoms with Crippen molar-refractivity contribution in [2.24, 2.45) is 0 Å². The monoisotopic (exact) mass is 926 g/mol. The molecule has 4 aliphatic carbocycles. The van der Waals surface area contributed by atoms with Crippen LogP contribution in [0, 0.1) is 29.7 Å². The summed E-state index contributed by atoms with van der Waals surface area (Å²) < 4.78 is 0. The molecule has 4 saturated carbocycles. The number of benzene rings is 2. The summed E-state index contributed by atoms with van der Waals surface area (Å²) >= 11 is -1.65. The van der Waals surface area contributed by atoms with E-state index in [-0.39, 0.29) is 29.7 Å². The van der Waals surface area contributed by atoms with Crippen LogP contribution in [0.3, 0.4) is 0 Å². The Labute approximate surface area is 340 Å². The van der Waals surface area contributed by atoms with Crippen molar-refractivity contribution in [1.82, 2.24) is 0 Å². The Morgan fingerprint density at radius 3 is 0.771 bits per heavy atom. The summed E-state index contributed by atoms with van der Waals surface area (Å²) in [4.78, 5) is 0. The number of halogens is 4. The van der Waals surface area contributed by atoms with E-state index in [4.69, 9.17) is 34.1 Å². The first-order chi connectivity index (χ1) is 21.2. The molecule has 48 heavy (non-hydrogen) atoms. The molecular formula is C40H70Cl4Si2Zr2. The zero-order valence-electron chi connectivity index (χ0n) is 32.0. The average Bonchev–Trinajstić information content (AvgIpc) is 3.88. The van der Waals surface area contributed by atoms with E-state index < -0.39 is 57.8 Å². The zero-order valence-corrected chi connectivity index (χ0v) is 42.0. The minimum atomic E-state index is -1.31. The molecule has 8 heteroatoms. The first kappa shape index (κ1) is 54.1. The third-order valence-corrected chi connectivity index (χ3v) is 19.7. The molecule has 0 amide bonds. The van der Waals surface area contributed by atoms with Gasteiger partial charge in [0.15, 0.2) is 0 Å². The second-order valence-electron chi connectivity index (χ2n) is 14.2. The van der Waals surface area contributed by atoms with E-state index in [2.05, 4.69) is 74.7 Å². The van der Waals surface area contributed by atoms with Crippen molar-refractivity contribution in [2.45, 2.75) is 153 Å². The molecule has 0 heterocycles. The maximum atomic E-state index is 4.93. The second-order valence-corrected chi connectivity index (χ2v) is 31.4. The summed E-state index contributed by atoms with van der Waals surface area (Å²) in [5.74, 6) is 0. The van der Waals surface area contributed by atoms with Crippen LogP contribution in [-0.4, -0.2) is 16.1 Å². The van der Waals surface area contributed by atoms with Crippen molar-refractivity contribution in [3.63, 3.8) is 0 Å². The van der Waals surface area contributed by atoms with Crippen LogP contribution in [0.25, 0.3) is 11.1 Å². The Kier molecular flexibility index (Phi) is 35.2. The number of hydrogen-bond donors (Lipinski definition) is 0. The molecule has 0 spiro atoms. The molecule has 0 aromatic heterocycles. The molecule has 4 aliphatic rings. The second kappa shape index (κ2) is 31.2. The molecule has 0 bridgehead atoms. The number of rotatable bonds is 5. The molecule has 0 aliphatic heterocycles. The van der Waals surface area contributed by atoms with E-state index in [0.29, 0.717) is 0 Å². The predicted octanol–water partition coefficient (Wildman–Crippen LogP) is 15.5. The van der Waals surface area contributed by atoms with E-state index in [0.717, 1.165) is 11.1 Å². The summed E-state index contributed by atoms with van der Waals surface area (Å²) in [7, 11) is 17.1. The number of hydrogen-bond acceptors (Lipinski definition) is 0. The van der Waals surface area contributed by atoms with Crippen LogP contribution in [0.15, 0.2) is 48.5 Å². The summed E-state index contributed by atoms with van der Waals surface area (Å²) in [6.45, 7) is 10.3. The zero-order chi connectivity index (χ0) is 32.3. The first-order valence-corrected chi connectivity index (χ1v) is 36.2. The van der Waals surface area contributed by atoms with E-state index in [9.17, 15) is 0 Å². The van der Waals surface area contributed by atoms with Gasteiger partial charge in [0.1, 0.15) is 0 Å². The van der Waals surface area contributed by atoms with Gasteiger partial charge in [-0.1, -0.05) is 201 Å². The van der Waals surface area contributed by atoms with Crippen molar-refractivity contribution < 1.29 is 41.7 Å². The fraction of sp³-hybridized carbons (Fsp3) is 0.600. The molecule has 0 nitrogen and oxygen atoms in total. The van der Waals surface area contributed by atoms with Crippen LogP contribution < -0.4 is 10.4 Å². The van der Waals surface area contributed by atoms with Gasteiger partial charge in [-0.15, -0.1) is 0 Å².